The molecule has 0 saturated carbocycles. The second-order valence-corrected chi connectivity index (χ2v) is 2.70. The second-order valence-electron chi connectivity index (χ2n) is 2.70. The maximum Gasteiger partial charge on any atom is 0.273 e. The predicted octanol–water partition coefficient (Wildman–Crippen LogP) is -2.07. The smallest absolute Gasteiger partial charge is 0.273 e. The first-order chi connectivity index (χ1) is 6.77. The van der Waals surface area contributed by atoms with Crippen molar-refractivity contribution in [1.29, 1.82) is 0 Å². The van der Waals surface area contributed by atoms with E-state index in [0.717, 1.165) is 0 Å². The summed E-state index contributed by atoms with van der Waals surface area (Å²) in [7, 11) is 0. The molecule has 0 fully saturated rings. The molecule has 0 spiro atoms. The molecule has 0 radical (unpaired) electrons. The van der Waals surface area contributed by atoms with E-state index in [0.29, 0.717) is 26.2 Å². The third-order valence-electron chi connectivity index (χ3n) is 1.56. The van der Waals surface area contributed by atoms with Crippen molar-refractivity contribution in [2.45, 2.75) is 6.54 Å². The summed E-state index contributed by atoms with van der Waals surface area (Å²) >= 11 is 0. The predicted molar refractivity (Wildman–Crippen MR) is 50.5 cm³/mol. The third-order valence-corrected chi connectivity index (χ3v) is 1.56. The summed E-state index contributed by atoms with van der Waals surface area (Å²) in [6.45, 7) is 1.86. The molecule has 78 valence electrons. The summed E-state index contributed by atoms with van der Waals surface area (Å²) < 4.78 is 1.53. The molecule has 7 heteroatoms. The van der Waals surface area contributed by atoms with Crippen LogP contribution in [0.5, 0.6) is 0 Å². The lowest BCUT2D eigenvalue weighted by atomic mass is 10.4. The SMILES string of the molecule is NCCNC(=O)c1cn(CCN)nn1. The topological polar surface area (TPSA) is 112 Å². The minimum Gasteiger partial charge on any atom is -0.349 e. The number of aromatic nitrogens is 3. The summed E-state index contributed by atoms with van der Waals surface area (Å²) in [6, 6.07) is 0. The van der Waals surface area contributed by atoms with Crippen LogP contribution in [0.4, 0.5) is 0 Å². The first kappa shape index (κ1) is 10.6. The van der Waals surface area contributed by atoms with E-state index in [9.17, 15) is 4.79 Å². The first-order valence-electron chi connectivity index (χ1n) is 4.36. The second kappa shape index (κ2) is 5.30. The third kappa shape index (κ3) is 2.79. The van der Waals surface area contributed by atoms with Crippen molar-refractivity contribution in [3.8, 4) is 0 Å². The number of nitrogens with zero attached hydrogens (tertiary/aromatic N) is 3. The molecule has 0 aliphatic heterocycles. The van der Waals surface area contributed by atoms with Crippen LogP contribution in [-0.2, 0) is 6.54 Å². The summed E-state index contributed by atoms with van der Waals surface area (Å²) in [4.78, 5) is 11.3. The van der Waals surface area contributed by atoms with Crippen LogP contribution in [0.15, 0.2) is 6.20 Å². The van der Waals surface area contributed by atoms with Crippen LogP contribution in [0, 0.1) is 0 Å². The number of rotatable bonds is 5. The Morgan fingerprint density at radius 3 is 2.93 bits per heavy atom. The fourth-order valence-electron chi connectivity index (χ4n) is 0.920. The molecule has 14 heavy (non-hydrogen) atoms. The molecule has 1 heterocycles. The van der Waals surface area contributed by atoms with Gasteiger partial charge in [0.05, 0.1) is 12.7 Å². The van der Waals surface area contributed by atoms with Gasteiger partial charge in [0.1, 0.15) is 0 Å². The molecule has 5 N–H and O–H groups in total. The maximum atomic E-state index is 11.3. The Morgan fingerprint density at radius 2 is 2.29 bits per heavy atom. The van der Waals surface area contributed by atoms with Gasteiger partial charge in [-0.15, -0.1) is 5.10 Å². The minimum atomic E-state index is -0.265. The lowest BCUT2D eigenvalue weighted by Crippen LogP contribution is -2.29. The monoisotopic (exact) mass is 198 g/mol. The van der Waals surface area contributed by atoms with Gasteiger partial charge in [0.15, 0.2) is 5.69 Å². The Bertz CT molecular complexity index is 296. The Morgan fingerprint density at radius 1 is 1.50 bits per heavy atom. The number of nitrogens with one attached hydrogen (secondary N) is 1. The van der Waals surface area contributed by atoms with Gasteiger partial charge in [0, 0.05) is 19.6 Å². The number of hydrogen-bond acceptors (Lipinski definition) is 5. The van der Waals surface area contributed by atoms with Gasteiger partial charge < -0.3 is 16.8 Å². The van der Waals surface area contributed by atoms with E-state index in [2.05, 4.69) is 15.6 Å². The highest BCUT2D eigenvalue weighted by molar-refractivity contribution is 5.91. The molecule has 0 aromatic carbocycles. The van der Waals surface area contributed by atoms with Crippen LogP contribution in [0.3, 0.4) is 0 Å². The Labute approximate surface area is 81.4 Å². The van der Waals surface area contributed by atoms with Crippen LogP contribution in [-0.4, -0.2) is 40.5 Å². The fourth-order valence-corrected chi connectivity index (χ4v) is 0.920. The van der Waals surface area contributed by atoms with Crippen molar-refractivity contribution in [1.82, 2.24) is 20.3 Å². The summed E-state index contributed by atoms with van der Waals surface area (Å²) in [5.74, 6) is -0.265. The maximum absolute atomic E-state index is 11.3. The molecule has 1 aromatic rings. The molecule has 0 aliphatic rings. The number of carbonyl (C=O) groups is 1. The van der Waals surface area contributed by atoms with Gasteiger partial charge in [0.2, 0.25) is 0 Å². The van der Waals surface area contributed by atoms with E-state index in [-0.39, 0.29) is 11.6 Å². The highest BCUT2D eigenvalue weighted by Crippen LogP contribution is 1.91. The van der Waals surface area contributed by atoms with E-state index in [4.69, 9.17) is 11.5 Å². The lowest BCUT2D eigenvalue weighted by molar-refractivity contribution is 0.0949. The van der Waals surface area contributed by atoms with Gasteiger partial charge >= 0.3 is 0 Å². The van der Waals surface area contributed by atoms with Gasteiger partial charge in [-0.05, 0) is 0 Å². The van der Waals surface area contributed by atoms with Crippen LogP contribution in [0.1, 0.15) is 10.5 Å². The highest BCUT2D eigenvalue weighted by Gasteiger charge is 2.08. The fraction of sp³-hybridized carbons (Fsp3) is 0.571. The van der Waals surface area contributed by atoms with Crippen molar-refractivity contribution in [2.24, 2.45) is 11.5 Å². The zero-order valence-electron chi connectivity index (χ0n) is 7.81. The molecule has 0 unspecified atom stereocenters. The number of nitrogens with two attached hydrogens (primary N) is 2. The van der Waals surface area contributed by atoms with Gasteiger partial charge in [-0.1, -0.05) is 5.21 Å². The van der Waals surface area contributed by atoms with Gasteiger partial charge in [-0.25, -0.2) is 0 Å². The Kier molecular flexibility index (Phi) is 4.02. The van der Waals surface area contributed by atoms with E-state index >= 15 is 0 Å². The molecule has 0 bridgehead atoms. The van der Waals surface area contributed by atoms with E-state index in [1.807, 2.05) is 0 Å². The Hall–Kier alpha value is -1.47. The normalized spacial score (nSPS) is 10.1. The minimum absolute atomic E-state index is 0.265. The van der Waals surface area contributed by atoms with Gasteiger partial charge in [0.25, 0.3) is 5.91 Å². The zero-order chi connectivity index (χ0) is 10.4. The Balaban J connectivity index is 2.53. The van der Waals surface area contributed by atoms with Crippen LogP contribution >= 0.6 is 0 Å². The standard InChI is InChI=1S/C7H14N6O/c8-1-3-10-7(14)6-5-13(4-2-9)12-11-6/h5H,1-4,8-9H2,(H,10,14). The summed E-state index contributed by atoms with van der Waals surface area (Å²) in [5, 5.41) is 10.0. The molecule has 1 amide bonds. The van der Waals surface area contributed by atoms with Crippen LogP contribution in [0.25, 0.3) is 0 Å². The summed E-state index contributed by atoms with van der Waals surface area (Å²) in [5.41, 5.74) is 10.8. The molecule has 0 saturated heterocycles. The summed E-state index contributed by atoms with van der Waals surface area (Å²) in [6.07, 6.45) is 1.55. The first-order valence-corrected chi connectivity index (χ1v) is 4.36. The van der Waals surface area contributed by atoms with E-state index in [1.165, 1.54) is 4.68 Å². The van der Waals surface area contributed by atoms with E-state index < -0.39 is 0 Å². The molecule has 1 aromatic heterocycles. The number of carbonyl (C=O) groups excluding carboxylic acids is 1. The lowest BCUT2D eigenvalue weighted by Gasteiger charge is -1.98. The molecule has 0 aliphatic carbocycles. The number of hydrogen-bond donors (Lipinski definition) is 3. The van der Waals surface area contributed by atoms with Crippen molar-refractivity contribution in [3.63, 3.8) is 0 Å². The molecule has 7 nitrogen and oxygen atoms in total. The average molecular weight is 198 g/mol. The molecular weight excluding hydrogens is 184 g/mol. The van der Waals surface area contributed by atoms with Gasteiger partial charge in [-0.3, -0.25) is 9.48 Å². The largest absolute Gasteiger partial charge is 0.349 e. The van der Waals surface area contributed by atoms with Gasteiger partial charge in [-0.2, -0.15) is 0 Å². The molecular formula is C7H14N6O. The quantitative estimate of drug-likeness (QED) is 0.503. The molecule has 1 rings (SSSR count). The number of amides is 1. The average Bonchev–Trinajstić information content (AvgIpc) is 2.63. The zero-order valence-corrected chi connectivity index (χ0v) is 7.81. The van der Waals surface area contributed by atoms with E-state index in [1.54, 1.807) is 6.20 Å². The highest BCUT2D eigenvalue weighted by atomic mass is 16.2. The van der Waals surface area contributed by atoms with Crippen molar-refractivity contribution in [3.05, 3.63) is 11.9 Å². The molecule has 0 atom stereocenters. The van der Waals surface area contributed by atoms with Crippen LogP contribution in [0.2, 0.25) is 0 Å². The van der Waals surface area contributed by atoms with Crippen molar-refractivity contribution in [2.75, 3.05) is 19.6 Å². The van der Waals surface area contributed by atoms with Crippen molar-refractivity contribution < 1.29 is 4.79 Å². The van der Waals surface area contributed by atoms with Crippen molar-refractivity contribution >= 4 is 5.91 Å². The van der Waals surface area contributed by atoms with Crippen LogP contribution < -0.4 is 16.8 Å².